The topological polar surface area (TPSA) is 21.3 Å². The van der Waals surface area contributed by atoms with E-state index in [0.29, 0.717) is 12.8 Å². The largest absolute Gasteiger partial charge is 0.497 e. The summed E-state index contributed by atoms with van der Waals surface area (Å²) in [6.45, 7) is 1.91. The maximum absolute atomic E-state index is 13.1. The van der Waals surface area contributed by atoms with E-state index in [1.54, 1.807) is 7.11 Å². The van der Waals surface area contributed by atoms with Crippen molar-refractivity contribution in [2.24, 2.45) is 5.92 Å². The highest BCUT2D eigenvalue weighted by atomic mass is 19.4. The van der Waals surface area contributed by atoms with Crippen molar-refractivity contribution in [2.45, 2.75) is 50.9 Å². The van der Waals surface area contributed by atoms with Crippen molar-refractivity contribution in [3.8, 4) is 5.75 Å². The molecule has 2 rings (SSSR count). The molecule has 1 aliphatic carbocycles. The zero-order valence-electron chi connectivity index (χ0n) is 12.4. The number of hydrogen-bond acceptors (Lipinski definition) is 2. The van der Waals surface area contributed by atoms with E-state index in [9.17, 15) is 13.2 Å². The van der Waals surface area contributed by atoms with Crippen molar-refractivity contribution >= 4 is 0 Å². The van der Waals surface area contributed by atoms with Gasteiger partial charge in [-0.15, -0.1) is 0 Å². The number of methoxy groups -OCH3 is 1. The Kier molecular flexibility index (Phi) is 5.14. The van der Waals surface area contributed by atoms with Crippen LogP contribution in [0, 0.1) is 5.92 Å². The molecular weight excluding hydrogens is 279 g/mol. The minimum absolute atomic E-state index is 0.108. The number of benzene rings is 1. The third kappa shape index (κ3) is 4.13. The maximum Gasteiger partial charge on any atom is 0.393 e. The van der Waals surface area contributed by atoms with E-state index in [0.717, 1.165) is 17.7 Å². The number of ether oxygens (including phenoxy) is 1. The summed E-state index contributed by atoms with van der Waals surface area (Å²) >= 11 is 0. The molecule has 2 nitrogen and oxygen atoms in total. The quantitative estimate of drug-likeness (QED) is 0.886. The predicted octanol–water partition coefficient (Wildman–Crippen LogP) is 4.47. The molecule has 0 spiro atoms. The van der Waals surface area contributed by atoms with Crippen LogP contribution in [0.5, 0.6) is 5.75 Å². The van der Waals surface area contributed by atoms with E-state index in [1.165, 1.54) is 0 Å². The van der Waals surface area contributed by atoms with Crippen LogP contribution in [0.15, 0.2) is 24.3 Å². The normalized spacial score (nSPS) is 24.6. The van der Waals surface area contributed by atoms with Crippen LogP contribution < -0.4 is 10.1 Å². The number of alkyl halides is 3. The van der Waals surface area contributed by atoms with Crippen molar-refractivity contribution in [2.75, 3.05) is 7.11 Å². The van der Waals surface area contributed by atoms with E-state index >= 15 is 0 Å². The van der Waals surface area contributed by atoms with E-state index in [2.05, 4.69) is 5.32 Å². The van der Waals surface area contributed by atoms with Crippen LogP contribution in [0.3, 0.4) is 0 Å². The van der Waals surface area contributed by atoms with Gasteiger partial charge in [0.15, 0.2) is 0 Å². The highest BCUT2D eigenvalue weighted by Crippen LogP contribution is 2.38. The van der Waals surface area contributed by atoms with Gasteiger partial charge in [0.1, 0.15) is 5.75 Å². The van der Waals surface area contributed by atoms with Gasteiger partial charge in [-0.25, -0.2) is 0 Å². The van der Waals surface area contributed by atoms with E-state index in [1.807, 2.05) is 31.2 Å². The fraction of sp³-hybridized carbons (Fsp3) is 0.625. The number of halogens is 3. The minimum Gasteiger partial charge on any atom is -0.497 e. The van der Waals surface area contributed by atoms with Crippen LogP contribution >= 0.6 is 0 Å². The predicted molar refractivity (Wildman–Crippen MR) is 76.3 cm³/mol. The van der Waals surface area contributed by atoms with E-state index < -0.39 is 18.1 Å². The van der Waals surface area contributed by atoms with E-state index in [-0.39, 0.29) is 12.5 Å². The molecule has 0 amide bonds. The summed E-state index contributed by atoms with van der Waals surface area (Å²) in [6, 6.07) is 6.84. The first-order valence-corrected chi connectivity index (χ1v) is 7.38. The lowest BCUT2D eigenvalue weighted by Gasteiger charge is -2.35. The van der Waals surface area contributed by atoms with Crippen molar-refractivity contribution in [3.63, 3.8) is 0 Å². The molecule has 0 radical (unpaired) electrons. The molecule has 1 N–H and O–H groups in total. The van der Waals surface area contributed by atoms with Gasteiger partial charge < -0.3 is 10.1 Å². The second-order valence-corrected chi connectivity index (χ2v) is 5.70. The van der Waals surface area contributed by atoms with Crippen LogP contribution in [-0.4, -0.2) is 19.3 Å². The molecule has 3 atom stereocenters. The maximum atomic E-state index is 13.1. The summed E-state index contributed by atoms with van der Waals surface area (Å²) in [5, 5.41) is 3.17. The van der Waals surface area contributed by atoms with Gasteiger partial charge in [-0.2, -0.15) is 13.2 Å². The van der Waals surface area contributed by atoms with Gasteiger partial charge in [0.25, 0.3) is 0 Å². The monoisotopic (exact) mass is 301 g/mol. The minimum atomic E-state index is -4.11. The molecular formula is C16H22F3NO. The Bertz CT molecular complexity index is 444. The average molecular weight is 301 g/mol. The Morgan fingerprint density at radius 1 is 1.14 bits per heavy atom. The first-order valence-electron chi connectivity index (χ1n) is 7.38. The second-order valence-electron chi connectivity index (χ2n) is 5.70. The Labute approximate surface area is 123 Å². The van der Waals surface area contributed by atoms with Crippen LogP contribution in [-0.2, 0) is 0 Å². The van der Waals surface area contributed by atoms with Gasteiger partial charge in [0, 0.05) is 12.1 Å². The fourth-order valence-electron chi connectivity index (χ4n) is 3.03. The fourth-order valence-corrected chi connectivity index (χ4v) is 3.03. The third-order valence-electron chi connectivity index (χ3n) is 4.27. The molecule has 1 aliphatic rings. The Morgan fingerprint density at radius 3 is 2.33 bits per heavy atom. The molecule has 0 bridgehead atoms. The standard InChI is InChI=1S/C16H22F3NO/c1-11(12-7-9-13(21-2)10-8-12)20-15-6-4-3-5-14(15)16(17,18)19/h7-11,14-15,20H,3-6H2,1-2H3. The molecule has 1 fully saturated rings. The summed E-state index contributed by atoms with van der Waals surface area (Å²) in [4.78, 5) is 0. The second kappa shape index (κ2) is 6.69. The lowest BCUT2D eigenvalue weighted by Crippen LogP contribution is -2.46. The van der Waals surface area contributed by atoms with Crippen molar-refractivity contribution in [3.05, 3.63) is 29.8 Å². The van der Waals surface area contributed by atoms with E-state index in [4.69, 9.17) is 4.74 Å². The molecule has 118 valence electrons. The summed E-state index contributed by atoms with van der Waals surface area (Å²) < 4.78 is 44.4. The van der Waals surface area contributed by atoms with Gasteiger partial charge in [0.05, 0.1) is 13.0 Å². The van der Waals surface area contributed by atoms with Crippen LogP contribution in [0.4, 0.5) is 13.2 Å². The van der Waals surface area contributed by atoms with Crippen LogP contribution in [0.2, 0.25) is 0 Å². The van der Waals surface area contributed by atoms with Gasteiger partial charge >= 0.3 is 6.18 Å². The van der Waals surface area contributed by atoms with Gasteiger partial charge in [-0.3, -0.25) is 0 Å². The summed E-state index contributed by atoms with van der Waals surface area (Å²) in [5.41, 5.74) is 0.974. The highest BCUT2D eigenvalue weighted by Gasteiger charge is 2.45. The van der Waals surface area contributed by atoms with Gasteiger partial charge in [-0.05, 0) is 37.5 Å². The average Bonchev–Trinajstić information content (AvgIpc) is 2.47. The molecule has 5 heteroatoms. The number of nitrogens with one attached hydrogen (secondary N) is 1. The third-order valence-corrected chi connectivity index (χ3v) is 4.27. The van der Waals surface area contributed by atoms with Crippen molar-refractivity contribution < 1.29 is 17.9 Å². The Balaban J connectivity index is 2.03. The molecule has 0 heterocycles. The zero-order chi connectivity index (χ0) is 15.5. The summed E-state index contributed by atoms with van der Waals surface area (Å²) in [5.74, 6) is -0.483. The molecule has 0 aliphatic heterocycles. The van der Waals surface area contributed by atoms with Crippen molar-refractivity contribution in [1.82, 2.24) is 5.32 Å². The SMILES string of the molecule is COc1ccc(C(C)NC2CCCCC2C(F)(F)F)cc1. The van der Waals surface area contributed by atoms with Gasteiger partial charge in [0.2, 0.25) is 0 Å². The lowest BCUT2D eigenvalue weighted by molar-refractivity contribution is -0.189. The Morgan fingerprint density at radius 2 is 1.76 bits per heavy atom. The molecule has 1 aromatic rings. The first kappa shape index (κ1) is 16.1. The van der Waals surface area contributed by atoms with Gasteiger partial charge in [-0.1, -0.05) is 25.0 Å². The Hall–Kier alpha value is -1.23. The molecule has 1 saturated carbocycles. The number of hydrogen-bond donors (Lipinski definition) is 1. The van der Waals surface area contributed by atoms with Crippen molar-refractivity contribution in [1.29, 1.82) is 0 Å². The molecule has 1 aromatic carbocycles. The smallest absolute Gasteiger partial charge is 0.393 e. The molecule has 0 aromatic heterocycles. The highest BCUT2D eigenvalue weighted by molar-refractivity contribution is 5.28. The zero-order valence-corrected chi connectivity index (χ0v) is 12.4. The lowest BCUT2D eigenvalue weighted by atomic mass is 9.83. The molecule has 21 heavy (non-hydrogen) atoms. The summed E-state index contributed by atoms with van der Waals surface area (Å²) in [7, 11) is 1.59. The van der Waals surface area contributed by atoms with Crippen LogP contribution in [0.25, 0.3) is 0 Å². The molecule has 3 unspecified atom stereocenters. The summed E-state index contributed by atoms with van der Waals surface area (Å²) in [6.07, 6.45) is -1.77. The first-order chi connectivity index (χ1) is 9.91. The molecule has 0 saturated heterocycles. The van der Waals surface area contributed by atoms with Crippen LogP contribution in [0.1, 0.15) is 44.2 Å². The number of rotatable bonds is 4.